The summed E-state index contributed by atoms with van der Waals surface area (Å²) in [5, 5.41) is 3.32. The van der Waals surface area contributed by atoms with Crippen molar-refractivity contribution >= 4 is 17.3 Å². The zero-order valence-corrected chi connectivity index (χ0v) is 8.32. The zero-order chi connectivity index (χ0) is 10.0. The molecule has 0 spiro atoms. The molecule has 0 saturated heterocycles. The predicted molar refractivity (Wildman–Crippen MR) is 53.3 cm³/mol. The van der Waals surface area contributed by atoms with E-state index in [2.05, 4.69) is 5.32 Å². The first-order chi connectivity index (χ1) is 6.06. The van der Waals surface area contributed by atoms with E-state index in [1.165, 1.54) is 6.07 Å². The maximum Gasteiger partial charge on any atom is 0.130 e. The maximum absolute atomic E-state index is 13.3. The third-order valence-electron chi connectivity index (χ3n) is 2.02. The normalized spacial score (nSPS) is 12.9. The lowest BCUT2D eigenvalue weighted by Gasteiger charge is -2.12. The number of benzene rings is 1. The maximum atomic E-state index is 13.3. The third-order valence-corrected chi connectivity index (χ3v) is 2.34. The van der Waals surface area contributed by atoms with Crippen LogP contribution < -0.4 is 11.1 Å². The second-order valence-electron chi connectivity index (χ2n) is 2.91. The van der Waals surface area contributed by atoms with Crippen molar-refractivity contribution in [3.05, 3.63) is 28.5 Å². The molecular formula is C9H12ClFN2. The first-order valence-corrected chi connectivity index (χ1v) is 4.35. The van der Waals surface area contributed by atoms with E-state index in [0.29, 0.717) is 10.6 Å². The van der Waals surface area contributed by atoms with Gasteiger partial charge in [-0.25, -0.2) is 4.39 Å². The summed E-state index contributed by atoms with van der Waals surface area (Å²) in [5.41, 5.74) is 6.24. The molecule has 0 radical (unpaired) electrons. The van der Waals surface area contributed by atoms with E-state index in [1.54, 1.807) is 13.1 Å². The standard InChI is InChI=1S/C9H12ClFN2/c1-5(13-2)6-3-7(10)9(12)4-8(6)11/h3-5,13H,12H2,1-2H3/t5-/m0/s1. The largest absolute Gasteiger partial charge is 0.397 e. The number of halogens is 2. The molecule has 0 heterocycles. The van der Waals surface area contributed by atoms with Gasteiger partial charge in [-0.05, 0) is 26.1 Å². The molecule has 0 fully saturated rings. The molecule has 0 aliphatic carbocycles. The summed E-state index contributed by atoms with van der Waals surface area (Å²) in [5.74, 6) is -0.330. The zero-order valence-electron chi connectivity index (χ0n) is 7.57. The smallest absolute Gasteiger partial charge is 0.130 e. The van der Waals surface area contributed by atoms with Gasteiger partial charge in [-0.15, -0.1) is 0 Å². The highest BCUT2D eigenvalue weighted by molar-refractivity contribution is 6.33. The number of anilines is 1. The van der Waals surface area contributed by atoms with E-state index in [1.807, 2.05) is 6.92 Å². The second-order valence-corrected chi connectivity index (χ2v) is 3.31. The lowest BCUT2D eigenvalue weighted by molar-refractivity contribution is 0.562. The molecule has 2 nitrogen and oxygen atoms in total. The molecule has 0 unspecified atom stereocenters. The fraction of sp³-hybridized carbons (Fsp3) is 0.333. The number of nitrogens with two attached hydrogens (primary N) is 1. The van der Waals surface area contributed by atoms with Crippen LogP contribution in [0, 0.1) is 5.82 Å². The highest BCUT2D eigenvalue weighted by Gasteiger charge is 2.11. The van der Waals surface area contributed by atoms with Gasteiger partial charge in [-0.1, -0.05) is 11.6 Å². The van der Waals surface area contributed by atoms with Gasteiger partial charge >= 0.3 is 0 Å². The molecule has 1 aromatic carbocycles. The molecule has 1 atom stereocenters. The van der Waals surface area contributed by atoms with Crippen molar-refractivity contribution in [2.75, 3.05) is 12.8 Å². The highest BCUT2D eigenvalue weighted by Crippen LogP contribution is 2.26. The third kappa shape index (κ3) is 2.11. The molecule has 13 heavy (non-hydrogen) atoms. The molecule has 1 rings (SSSR count). The molecular weight excluding hydrogens is 191 g/mol. The van der Waals surface area contributed by atoms with Crippen molar-refractivity contribution in [1.29, 1.82) is 0 Å². The summed E-state index contributed by atoms with van der Waals surface area (Å²) in [7, 11) is 1.76. The molecule has 0 bridgehead atoms. The Kier molecular flexibility index (Phi) is 3.12. The molecule has 0 aliphatic heterocycles. The molecule has 0 aromatic heterocycles. The van der Waals surface area contributed by atoms with Crippen LogP contribution in [0.15, 0.2) is 12.1 Å². The van der Waals surface area contributed by atoms with Crippen LogP contribution in [-0.4, -0.2) is 7.05 Å². The van der Waals surface area contributed by atoms with Crippen LogP contribution in [0.3, 0.4) is 0 Å². The van der Waals surface area contributed by atoms with E-state index in [9.17, 15) is 4.39 Å². The Morgan fingerprint density at radius 3 is 2.69 bits per heavy atom. The number of nitrogen functional groups attached to an aromatic ring is 1. The monoisotopic (exact) mass is 202 g/mol. The van der Waals surface area contributed by atoms with Crippen LogP contribution in [0.2, 0.25) is 5.02 Å². The lowest BCUT2D eigenvalue weighted by atomic mass is 10.1. The minimum Gasteiger partial charge on any atom is -0.397 e. The molecule has 0 saturated carbocycles. The van der Waals surface area contributed by atoms with Crippen LogP contribution in [-0.2, 0) is 0 Å². The van der Waals surface area contributed by atoms with Gasteiger partial charge in [0.05, 0.1) is 10.7 Å². The fourth-order valence-electron chi connectivity index (χ4n) is 1.06. The summed E-state index contributed by atoms with van der Waals surface area (Å²) in [6, 6.07) is 2.72. The summed E-state index contributed by atoms with van der Waals surface area (Å²) in [4.78, 5) is 0. The summed E-state index contributed by atoms with van der Waals surface area (Å²) in [6.07, 6.45) is 0. The van der Waals surface area contributed by atoms with Gasteiger partial charge in [0, 0.05) is 11.6 Å². The lowest BCUT2D eigenvalue weighted by Crippen LogP contribution is -2.14. The van der Waals surface area contributed by atoms with Crippen LogP contribution >= 0.6 is 11.6 Å². The summed E-state index contributed by atoms with van der Waals surface area (Å²) < 4.78 is 13.3. The van der Waals surface area contributed by atoms with E-state index >= 15 is 0 Å². The number of hydrogen-bond donors (Lipinski definition) is 2. The van der Waals surface area contributed by atoms with Gasteiger partial charge < -0.3 is 11.1 Å². The van der Waals surface area contributed by atoms with E-state index in [-0.39, 0.29) is 17.5 Å². The van der Waals surface area contributed by atoms with Gasteiger partial charge in [0.2, 0.25) is 0 Å². The van der Waals surface area contributed by atoms with Gasteiger partial charge in [0.25, 0.3) is 0 Å². The van der Waals surface area contributed by atoms with Crippen molar-refractivity contribution in [3.8, 4) is 0 Å². The highest BCUT2D eigenvalue weighted by atomic mass is 35.5. The first-order valence-electron chi connectivity index (χ1n) is 3.98. The quantitative estimate of drug-likeness (QED) is 0.723. The topological polar surface area (TPSA) is 38.0 Å². The minimum atomic E-state index is -0.330. The summed E-state index contributed by atoms with van der Waals surface area (Å²) in [6.45, 7) is 1.85. The number of nitrogens with one attached hydrogen (secondary N) is 1. The average molecular weight is 203 g/mol. The Morgan fingerprint density at radius 1 is 1.54 bits per heavy atom. The van der Waals surface area contributed by atoms with E-state index in [0.717, 1.165) is 0 Å². The Balaban J connectivity index is 3.15. The molecule has 72 valence electrons. The minimum absolute atomic E-state index is 0.0712. The second kappa shape index (κ2) is 3.94. The average Bonchev–Trinajstić information content (AvgIpc) is 2.10. The Bertz CT molecular complexity index is 315. The molecule has 0 amide bonds. The molecule has 4 heteroatoms. The number of hydrogen-bond acceptors (Lipinski definition) is 2. The van der Waals surface area contributed by atoms with E-state index < -0.39 is 0 Å². The van der Waals surface area contributed by atoms with Crippen LogP contribution in [0.25, 0.3) is 0 Å². The molecule has 3 N–H and O–H groups in total. The van der Waals surface area contributed by atoms with Crippen molar-refractivity contribution in [1.82, 2.24) is 5.32 Å². The van der Waals surface area contributed by atoms with Gasteiger partial charge in [-0.2, -0.15) is 0 Å². The first kappa shape index (κ1) is 10.3. The molecule has 1 aromatic rings. The van der Waals surface area contributed by atoms with E-state index in [4.69, 9.17) is 17.3 Å². The van der Waals surface area contributed by atoms with Crippen molar-refractivity contribution in [3.63, 3.8) is 0 Å². The Hall–Kier alpha value is -0.800. The molecule has 0 aliphatic rings. The van der Waals surface area contributed by atoms with Crippen molar-refractivity contribution < 1.29 is 4.39 Å². The summed E-state index contributed by atoms with van der Waals surface area (Å²) >= 11 is 5.77. The fourth-order valence-corrected chi connectivity index (χ4v) is 1.24. The van der Waals surface area contributed by atoms with Crippen molar-refractivity contribution in [2.24, 2.45) is 0 Å². The Morgan fingerprint density at radius 2 is 2.15 bits per heavy atom. The van der Waals surface area contributed by atoms with Gasteiger partial charge in [-0.3, -0.25) is 0 Å². The predicted octanol–water partition coefficient (Wildman–Crippen LogP) is 2.34. The Labute approximate surface area is 81.9 Å². The van der Waals surface area contributed by atoms with Crippen LogP contribution in [0.4, 0.5) is 10.1 Å². The van der Waals surface area contributed by atoms with Crippen molar-refractivity contribution in [2.45, 2.75) is 13.0 Å². The van der Waals surface area contributed by atoms with Gasteiger partial charge in [0.1, 0.15) is 5.82 Å². The van der Waals surface area contributed by atoms with Crippen LogP contribution in [0.1, 0.15) is 18.5 Å². The van der Waals surface area contributed by atoms with Gasteiger partial charge in [0.15, 0.2) is 0 Å². The SMILES string of the molecule is CN[C@@H](C)c1cc(Cl)c(N)cc1F. The van der Waals surface area contributed by atoms with Crippen LogP contribution in [0.5, 0.6) is 0 Å². The number of rotatable bonds is 2.